The van der Waals surface area contributed by atoms with Crippen LogP contribution in [0.5, 0.6) is 0 Å². The maximum Gasteiger partial charge on any atom is 0.244 e. The summed E-state index contributed by atoms with van der Waals surface area (Å²) >= 11 is 1.67. The predicted molar refractivity (Wildman–Crippen MR) is 92.0 cm³/mol. The van der Waals surface area contributed by atoms with Crippen molar-refractivity contribution in [3.05, 3.63) is 46.4 Å². The zero-order valence-electron chi connectivity index (χ0n) is 13.3. The first kappa shape index (κ1) is 17.0. The van der Waals surface area contributed by atoms with Crippen LogP contribution >= 0.6 is 11.3 Å². The van der Waals surface area contributed by atoms with Crippen LogP contribution in [0.1, 0.15) is 24.2 Å². The molecule has 2 aromatic heterocycles. The summed E-state index contributed by atoms with van der Waals surface area (Å²) in [6, 6.07) is 7.17. The van der Waals surface area contributed by atoms with Crippen LogP contribution in [0.2, 0.25) is 0 Å². The third-order valence-corrected chi connectivity index (χ3v) is 6.92. The molecule has 1 unspecified atom stereocenters. The number of pyridine rings is 1. The summed E-state index contributed by atoms with van der Waals surface area (Å²) in [4.78, 5) is 6.30. The molecule has 0 amide bonds. The van der Waals surface area contributed by atoms with Crippen molar-refractivity contribution in [3.8, 4) is 6.07 Å². The zero-order chi connectivity index (χ0) is 17.2. The summed E-state index contributed by atoms with van der Waals surface area (Å²) in [7, 11) is -3.55. The molecule has 0 aliphatic carbocycles. The number of nitriles is 1. The molecule has 3 rings (SSSR count). The van der Waals surface area contributed by atoms with Gasteiger partial charge in [-0.15, -0.1) is 0 Å². The standard InChI is InChI=1S/C16H18N4O2S2/c1-13(14-4-9-23-12-14)19-5-7-20(8-6-19)24(21,22)16-3-2-15(10-17)18-11-16/h2-4,9,11-13H,5-8H2,1H3. The molecule has 1 atom stereocenters. The molecular formula is C16H18N4O2S2. The molecule has 6 nitrogen and oxygen atoms in total. The van der Waals surface area contributed by atoms with Crippen molar-refractivity contribution in [3.63, 3.8) is 0 Å². The molecule has 3 heterocycles. The van der Waals surface area contributed by atoms with E-state index < -0.39 is 10.0 Å². The average Bonchev–Trinajstić information content (AvgIpc) is 3.16. The van der Waals surface area contributed by atoms with Gasteiger partial charge in [0.2, 0.25) is 10.0 Å². The predicted octanol–water partition coefficient (Wildman–Crippen LogP) is 2.08. The smallest absolute Gasteiger partial charge is 0.244 e. The number of aromatic nitrogens is 1. The second-order valence-electron chi connectivity index (χ2n) is 5.66. The highest BCUT2D eigenvalue weighted by atomic mass is 32.2. The van der Waals surface area contributed by atoms with Crippen molar-refractivity contribution in [2.75, 3.05) is 26.2 Å². The van der Waals surface area contributed by atoms with E-state index in [0.717, 1.165) is 0 Å². The van der Waals surface area contributed by atoms with Crippen LogP contribution in [0.3, 0.4) is 0 Å². The highest BCUT2D eigenvalue weighted by molar-refractivity contribution is 7.89. The van der Waals surface area contributed by atoms with Gasteiger partial charge in [-0.05, 0) is 41.4 Å². The van der Waals surface area contributed by atoms with Gasteiger partial charge in [-0.25, -0.2) is 13.4 Å². The summed E-state index contributed by atoms with van der Waals surface area (Å²) in [5.41, 5.74) is 1.48. The first-order valence-electron chi connectivity index (χ1n) is 7.65. The van der Waals surface area contributed by atoms with Gasteiger partial charge in [0.15, 0.2) is 0 Å². The largest absolute Gasteiger partial charge is 0.294 e. The Hall–Kier alpha value is -1.79. The van der Waals surface area contributed by atoms with Crippen molar-refractivity contribution in [1.29, 1.82) is 5.26 Å². The van der Waals surface area contributed by atoms with E-state index in [1.165, 1.54) is 28.2 Å². The van der Waals surface area contributed by atoms with Crippen molar-refractivity contribution in [2.24, 2.45) is 0 Å². The minimum Gasteiger partial charge on any atom is -0.294 e. The van der Waals surface area contributed by atoms with E-state index in [2.05, 4.69) is 33.6 Å². The average molecular weight is 362 g/mol. The van der Waals surface area contributed by atoms with Gasteiger partial charge >= 0.3 is 0 Å². The van der Waals surface area contributed by atoms with Crippen LogP contribution in [0, 0.1) is 11.3 Å². The van der Waals surface area contributed by atoms with Crippen molar-refractivity contribution in [2.45, 2.75) is 17.9 Å². The summed E-state index contributed by atoms with van der Waals surface area (Å²) in [5, 5.41) is 13.0. The van der Waals surface area contributed by atoms with Crippen molar-refractivity contribution in [1.82, 2.24) is 14.2 Å². The number of thiophene rings is 1. The highest BCUT2D eigenvalue weighted by Crippen LogP contribution is 2.25. The molecule has 1 aliphatic heterocycles. The Kier molecular flexibility index (Phi) is 4.96. The van der Waals surface area contributed by atoms with E-state index in [4.69, 9.17) is 5.26 Å². The minimum atomic E-state index is -3.55. The molecule has 0 saturated carbocycles. The number of sulfonamides is 1. The zero-order valence-corrected chi connectivity index (χ0v) is 14.9. The Morgan fingerprint density at radius 1 is 1.25 bits per heavy atom. The normalized spacial score (nSPS) is 18.2. The number of hydrogen-bond acceptors (Lipinski definition) is 6. The lowest BCUT2D eigenvalue weighted by molar-refractivity contribution is 0.146. The molecule has 1 saturated heterocycles. The first-order valence-corrected chi connectivity index (χ1v) is 10.0. The maximum absolute atomic E-state index is 12.7. The minimum absolute atomic E-state index is 0.140. The topological polar surface area (TPSA) is 77.3 Å². The molecule has 2 aromatic rings. The lowest BCUT2D eigenvalue weighted by Crippen LogP contribution is -2.49. The summed E-state index contributed by atoms with van der Waals surface area (Å²) < 4.78 is 26.8. The Labute approximate surface area is 146 Å². The van der Waals surface area contributed by atoms with Crippen LogP contribution in [-0.2, 0) is 10.0 Å². The molecule has 0 spiro atoms. The Bertz CT molecular complexity index is 818. The molecule has 126 valence electrons. The molecule has 0 aromatic carbocycles. The SMILES string of the molecule is CC(c1ccsc1)N1CCN(S(=O)(=O)c2ccc(C#N)nc2)CC1. The summed E-state index contributed by atoms with van der Waals surface area (Å²) in [6.07, 6.45) is 1.26. The van der Waals surface area contributed by atoms with Crippen molar-refractivity contribution < 1.29 is 8.42 Å². The Balaban J connectivity index is 1.68. The quantitative estimate of drug-likeness (QED) is 0.832. The fraction of sp³-hybridized carbons (Fsp3) is 0.375. The van der Waals surface area contributed by atoms with Gasteiger partial charge < -0.3 is 0 Å². The number of hydrogen-bond donors (Lipinski definition) is 0. The molecule has 1 fully saturated rings. The highest BCUT2D eigenvalue weighted by Gasteiger charge is 2.30. The monoisotopic (exact) mass is 362 g/mol. The van der Waals surface area contributed by atoms with Gasteiger partial charge in [-0.3, -0.25) is 4.90 Å². The summed E-state index contributed by atoms with van der Waals surface area (Å²) in [6.45, 7) is 4.45. The van der Waals surface area contributed by atoms with E-state index in [1.54, 1.807) is 11.3 Å². The lowest BCUT2D eigenvalue weighted by atomic mass is 10.1. The van der Waals surface area contributed by atoms with E-state index in [0.29, 0.717) is 26.2 Å². The fourth-order valence-corrected chi connectivity index (χ4v) is 4.92. The molecule has 0 N–H and O–H groups in total. The van der Waals surface area contributed by atoms with Crippen molar-refractivity contribution >= 4 is 21.4 Å². The van der Waals surface area contributed by atoms with Crippen LogP contribution in [0.25, 0.3) is 0 Å². The van der Waals surface area contributed by atoms with Gasteiger partial charge in [0, 0.05) is 38.4 Å². The maximum atomic E-state index is 12.7. The molecular weight excluding hydrogens is 344 g/mol. The van der Waals surface area contributed by atoms with Crippen LogP contribution in [-0.4, -0.2) is 48.8 Å². The lowest BCUT2D eigenvalue weighted by Gasteiger charge is -2.37. The molecule has 0 bridgehead atoms. The number of rotatable bonds is 4. The Morgan fingerprint density at radius 2 is 2.00 bits per heavy atom. The van der Waals surface area contributed by atoms with Gasteiger partial charge in [-0.2, -0.15) is 20.9 Å². The summed E-state index contributed by atoms with van der Waals surface area (Å²) in [5.74, 6) is 0. The van der Waals surface area contributed by atoms with E-state index in [-0.39, 0.29) is 16.6 Å². The fourth-order valence-electron chi connectivity index (χ4n) is 2.80. The second-order valence-corrected chi connectivity index (χ2v) is 8.38. The van der Waals surface area contributed by atoms with E-state index >= 15 is 0 Å². The van der Waals surface area contributed by atoms with E-state index in [1.807, 2.05) is 6.07 Å². The number of nitrogens with zero attached hydrogens (tertiary/aromatic N) is 4. The van der Waals surface area contributed by atoms with Crippen LogP contribution < -0.4 is 0 Å². The third-order valence-electron chi connectivity index (χ3n) is 4.34. The van der Waals surface area contributed by atoms with E-state index in [9.17, 15) is 8.42 Å². The first-order chi connectivity index (χ1) is 11.5. The molecule has 0 radical (unpaired) electrons. The van der Waals surface area contributed by atoms with Gasteiger partial charge in [0.05, 0.1) is 0 Å². The molecule has 1 aliphatic rings. The van der Waals surface area contributed by atoms with Crippen LogP contribution in [0.4, 0.5) is 0 Å². The molecule has 24 heavy (non-hydrogen) atoms. The Morgan fingerprint density at radius 3 is 2.54 bits per heavy atom. The van der Waals surface area contributed by atoms with Crippen LogP contribution in [0.15, 0.2) is 40.1 Å². The van der Waals surface area contributed by atoms with Gasteiger partial charge in [0.25, 0.3) is 0 Å². The number of piperazine rings is 1. The third kappa shape index (κ3) is 3.35. The van der Waals surface area contributed by atoms with Gasteiger partial charge in [-0.1, -0.05) is 0 Å². The second kappa shape index (κ2) is 6.99. The molecule has 8 heteroatoms. The van der Waals surface area contributed by atoms with Gasteiger partial charge in [0.1, 0.15) is 16.7 Å².